The Labute approximate surface area is 129 Å². The summed E-state index contributed by atoms with van der Waals surface area (Å²) in [5.41, 5.74) is 3.92. The zero-order valence-electron chi connectivity index (χ0n) is 13.9. The Morgan fingerprint density at radius 2 is 2.00 bits per heavy atom. The molecule has 1 aliphatic rings. The highest BCUT2D eigenvalue weighted by molar-refractivity contribution is 5.45. The Balaban J connectivity index is 2.34. The van der Waals surface area contributed by atoms with Gasteiger partial charge in [0.2, 0.25) is 0 Å². The van der Waals surface area contributed by atoms with Gasteiger partial charge in [-0.3, -0.25) is 0 Å². The van der Waals surface area contributed by atoms with Gasteiger partial charge < -0.3 is 14.8 Å². The number of ether oxygens (including phenoxy) is 2. The van der Waals surface area contributed by atoms with Crippen LogP contribution in [0.1, 0.15) is 48.9 Å². The number of methoxy groups -OCH3 is 1. The molecule has 0 aromatic heterocycles. The highest BCUT2D eigenvalue weighted by Gasteiger charge is 2.28. The van der Waals surface area contributed by atoms with E-state index >= 15 is 0 Å². The van der Waals surface area contributed by atoms with Crippen LogP contribution in [-0.2, 0) is 4.74 Å². The first-order valence-electron chi connectivity index (χ1n) is 8.13. The molecule has 1 fully saturated rings. The maximum atomic E-state index is 5.69. The number of benzene rings is 1. The first kappa shape index (κ1) is 16.3. The molecule has 1 heterocycles. The van der Waals surface area contributed by atoms with E-state index in [1.807, 2.05) is 0 Å². The summed E-state index contributed by atoms with van der Waals surface area (Å²) in [6, 6.07) is 4.78. The fourth-order valence-electron chi connectivity index (χ4n) is 3.36. The molecule has 0 radical (unpaired) electrons. The fraction of sp³-hybridized carbons (Fsp3) is 0.667. The van der Waals surface area contributed by atoms with Gasteiger partial charge in [0.25, 0.3) is 0 Å². The van der Waals surface area contributed by atoms with Crippen molar-refractivity contribution >= 4 is 0 Å². The molecule has 118 valence electrons. The molecule has 0 spiro atoms. The van der Waals surface area contributed by atoms with Gasteiger partial charge in [0.1, 0.15) is 5.75 Å². The standard InChI is InChI=1S/C18H29NO2/c1-5-8-19-18(15-6-9-21-10-7-15)17-14(3)11-13(2)12-16(17)20-4/h11-12,15,18-19H,5-10H2,1-4H3. The third-order valence-electron chi connectivity index (χ3n) is 4.38. The molecular weight excluding hydrogens is 262 g/mol. The van der Waals surface area contributed by atoms with E-state index in [0.717, 1.165) is 44.8 Å². The van der Waals surface area contributed by atoms with Crippen molar-refractivity contribution in [3.63, 3.8) is 0 Å². The molecule has 0 saturated carbocycles. The monoisotopic (exact) mass is 291 g/mol. The lowest BCUT2D eigenvalue weighted by Gasteiger charge is -2.33. The van der Waals surface area contributed by atoms with Crippen LogP contribution in [0.4, 0.5) is 0 Å². The lowest BCUT2D eigenvalue weighted by molar-refractivity contribution is 0.0532. The number of rotatable bonds is 6. The second-order valence-corrected chi connectivity index (χ2v) is 6.08. The van der Waals surface area contributed by atoms with E-state index in [2.05, 4.69) is 38.2 Å². The Morgan fingerprint density at radius 3 is 2.62 bits per heavy atom. The molecule has 1 unspecified atom stereocenters. The number of nitrogens with one attached hydrogen (secondary N) is 1. The van der Waals surface area contributed by atoms with E-state index < -0.39 is 0 Å². The molecule has 1 aromatic carbocycles. The number of hydrogen-bond donors (Lipinski definition) is 1. The predicted octanol–water partition coefficient (Wildman–Crippen LogP) is 3.78. The third-order valence-corrected chi connectivity index (χ3v) is 4.38. The molecule has 1 aromatic rings. The summed E-state index contributed by atoms with van der Waals surface area (Å²) >= 11 is 0. The topological polar surface area (TPSA) is 30.5 Å². The van der Waals surface area contributed by atoms with Gasteiger partial charge in [-0.05, 0) is 62.8 Å². The molecule has 0 aliphatic carbocycles. The van der Waals surface area contributed by atoms with E-state index in [0.29, 0.717) is 12.0 Å². The van der Waals surface area contributed by atoms with E-state index in [1.165, 1.54) is 16.7 Å². The van der Waals surface area contributed by atoms with Crippen LogP contribution < -0.4 is 10.1 Å². The van der Waals surface area contributed by atoms with Crippen LogP contribution in [0.5, 0.6) is 5.75 Å². The van der Waals surface area contributed by atoms with Crippen LogP contribution in [0, 0.1) is 19.8 Å². The summed E-state index contributed by atoms with van der Waals surface area (Å²) in [6.45, 7) is 9.34. The molecule has 21 heavy (non-hydrogen) atoms. The van der Waals surface area contributed by atoms with Crippen molar-refractivity contribution in [2.75, 3.05) is 26.9 Å². The Kier molecular flexibility index (Phi) is 6.07. The summed E-state index contributed by atoms with van der Waals surface area (Å²) in [6.07, 6.45) is 3.39. The molecule has 1 N–H and O–H groups in total. The van der Waals surface area contributed by atoms with Gasteiger partial charge in [-0.1, -0.05) is 13.0 Å². The molecule has 1 atom stereocenters. The van der Waals surface area contributed by atoms with E-state index in [4.69, 9.17) is 9.47 Å². The summed E-state index contributed by atoms with van der Waals surface area (Å²) < 4.78 is 11.2. The number of aryl methyl sites for hydroxylation is 2. The minimum atomic E-state index is 0.365. The molecule has 3 heteroatoms. The average molecular weight is 291 g/mol. The fourth-order valence-corrected chi connectivity index (χ4v) is 3.36. The van der Waals surface area contributed by atoms with Crippen molar-refractivity contribution in [3.8, 4) is 5.75 Å². The first-order chi connectivity index (χ1) is 10.2. The van der Waals surface area contributed by atoms with Gasteiger partial charge in [0.15, 0.2) is 0 Å². The zero-order valence-corrected chi connectivity index (χ0v) is 13.9. The van der Waals surface area contributed by atoms with Crippen LogP contribution in [0.15, 0.2) is 12.1 Å². The molecule has 0 amide bonds. The van der Waals surface area contributed by atoms with E-state index in [9.17, 15) is 0 Å². The summed E-state index contributed by atoms with van der Waals surface area (Å²) in [5.74, 6) is 1.65. The van der Waals surface area contributed by atoms with Crippen LogP contribution >= 0.6 is 0 Å². The van der Waals surface area contributed by atoms with Gasteiger partial charge in [0.05, 0.1) is 7.11 Å². The second-order valence-electron chi connectivity index (χ2n) is 6.08. The lowest BCUT2D eigenvalue weighted by Crippen LogP contribution is -2.33. The van der Waals surface area contributed by atoms with Crippen LogP contribution in [0.2, 0.25) is 0 Å². The molecule has 1 saturated heterocycles. The highest BCUT2D eigenvalue weighted by Crippen LogP contribution is 2.37. The normalized spacial score (nSPS) is 17.7. The van der Waals surface area contributed by atoms with Gasteiger partial charge in [-0.25, -0.2) is 0 Å². The number of hydrogen-bond acceptors (Lipinski definition) is 3. The third kappa shape index (κ3) is 3.98. The minimum absolute atomic E-state index is 0.365. The van der Waals surface area contributed by atoms with Crippen molar-refractivity contribution in [1.29, 1.82) is 0 Å². The summed E-state index contributed by atoms with van der Waals surface area (Å²) in [5, 5.41) is 3.75. The van der Waals surface area contributed by atoms with E-state index in [-0.39, 0.29) is 0 Å². The summed E-state index contributed by atoms with van der Waals surface area (Å²) in [4.78, 5) is 0. The van der Waals surface area contributed by atoms with Crippen LogP contribution in [-0.4, -0.2) is 26.9 Å². The second kappa shape index (κ2) is 7.81. The smallest absolute Gasteiger partial charge is 0.124 e. The lowest BCUT2D eigenvalue weighted by atomic mass is 9.84. The minimum Gasteiger partial charge on any atom is -0.496 e. The van der Waals surface area contributed by atoms with Gasteiger partial charge in [-0.15, -0.1) is 0 Å². The largest absolute Gasteiger partial charge is 0.496 e. The Hall–Kier alpha value is -1.06. The van der Waals surface area contributed by atoms with Crippen molar-refractivity contribution in [2.24, 2.45) is 5.92 Å². The molecule has 0 bridgehead atoms. The maximum Gasteiger partial charge on any atom is 0.124 e. The molecular formula is C18H29NO2. The van der Waals surface area contributed by atoms with Crippen molar-refractivity contribution < 1.29 is 9.47 Å². The first-order valence-corrected chi connectivity index (χ1v) is 8.13. The van der Waals surface area contributed by atoms with Gasteiger partial charge in [0, 0.05) is 24.8 Å². The quantitative estimate of drug-likeness (QED) is 0.865. The van der Waals surface area contributed by atoms with Crippen LogP contribution in [0.3, 0.4) is 0 Å². The van der Waals surface area contributed by atoms with Crippen LogP contribution in [0.25, 0.3) is 0 Å². The maximum absolute atomic E-state index is 5.69. The average Bonchev–Trinajstić information content (AvgIpc) is 2.49. The molecule has 3 nitrogen and oxygen atoms in total. The molecule has 2 rings (SSSR count). The summed E-state index contributed by atoms with van der Waals surface area (Å²) in [7, 11) is 1.78. The SMILES string of the molecule is CCCNC(c1c(C)cc(C)cc1OC)C1CCOCC1. The van der Waals surface area contributed by atoms with Gasteiger partial charge in [-0.2, -0.15) is 0 Å². The highest BCUT2D eigenvalue weighted by atomic mass is 16.5. The zero-order chi connectivity index (χ0) is 15.2. The Bertz CT molecular complexity index is 453. The predicted molar refractivity (Wildman–Crippen MR) is 87.0 cm³/mol. The van der Waals surface area contributed by atoms with E-state index in [1.54, 1.807) is 7.11 Å². The van der Waals surface area contributed by atoms with Crippen molar-refractivity contribution in [3.05, 3.63) is 28.8 Å². The van der Waals surface area contributed by atoms with Crippen molar-refractivity contribution in [1.82, 2.24) is 5.32 Å². The Morgan fingerprint density at radius 1 is 1.29 bits per heavy atom. The molecule has 1 aliphatic heterocycles. The van der Waals surface area contributed by atoms with Gasteiger partial charge >= 0.3 is 0 Å². The van der Waals surface area contributed by atoms with Crippen molar-refractivity contribution in [2.45, 2.75) is 46.1 Å².